The Labute approximate surface area is 143 Å². The molecule has 0 amide bonds. The largest absolute Gasteiger partial charge is 0.492 e. The van der Waals surface area contributed by atoms with Gasteiger partial charge in [0, 0.05) is 17.5 Å². The lowest BCUT2D eigenvalue weighted by Gasteiger charge is -2.17. The molecule has 122 valence electrons. The third-order valence-electron chi connectivity index (χ3n) is 3.33. The van der Waals surface area contributed by atoms with Crippen LogP contribution in [-0.2, 0) is 16.9 Å². The molecule has 0 fully saturated rings. The smallest absolute Gasteiger partial charge is 0.188 e. The van der Waals surface area contributed by atoms with Crippen LogP contribution in [0.15, 0.2) is 47.8 Å². The average molecular weight is 328 g/mol. The molecule has 23 heavy (non-hydrogen) atoms. The van der Waals surface area contributed by atoms with Gasteiger partial charge in [-0.3, -0.25) is 0 Å². The molecule has 0 bridgehead atoms. The van der Waals surface area contributed by atoms with E-state index in [2.05, 4.69) is 40.3 Å². The third kappa shape index (κ3) is 4.83. The van der Waals surface area contributed by atoms with E-state index >= 15 is 0 Å². The molecule has 3 rings (SSSR count). The number of nitrogens with zero attached hydrogens (tertiary/aromatic N) is 2. The molecule has 1 heterocycles. The highest BCUT2D eigenvalue weighted by Gasteiger charge is 2.16. The Balaban J connectivity index is 0.000000924. The van der Waals surface area contributed by atoms with Gasteiger partial charge >= 0.3 is 0 Å². The maximum absolute atomic E-state index is 5.69. The topological polar surface area (TPSA) is 35.0 Å². The third-order valence-corrected chi connectivity index (χ3v) is 4.26. The van der Waals surface area contributed by atoms with E-state index < -0.39 is 0 Å². The highest BCUT2D eigenvalue weighted by Crippen LogP contribution is 2.28. The van der Waals surface area contributed by atoms with Gasteiger partial charge in [0.1, 0.15) is 11.5 Å². The van der Waals surface area contributed by atoms with Gasteiger partial charge in [-0.2, -0.15) is 0 Å². The van der Waals surface area contributed by atoms with E-state index in [1.165, 1.54) is 11.1 Å². The monoisotopic (exact) mass is 328 g/mol. The van der Waals surface area contributed by atoms with Crippen molar-refractivity contribution in [2.45, 2.75) is 44.5 Å². The maximum Gasteiger partial charge on any atom is 0.188 e. The molecule has 2 aromatic rings. The summed E-state index contributed by atoms with van der Waals surface area (Å²) in [7, 11) is 0. The Morgan fingerprint density at radius 3 is 2.70 bits per heavy atom. The van der Waals surface area contributed by atoms with Gasteiger partial charge in [-0.15, -0.1) is 0 Å². The van der Waals surface area contributed by atoms with E-state index in [-0.39, 0.29) is 0 Å². The number of ether oxygens (including phenoxy) is 1. The summed E-state index contributed by atoms with van der Waals surface area (Å²) in [6.07, 6.45) is 6.07. The van der Waals surface area contributed by atoms with Gasteiger partial charge in [0.2, 0.25) is 0 Å². The fraction of sp³-hybridized carbons (Fsp3) is 0.368. The van der Waals surface area contributed by atoms with Gasteiger partial charge in [0.05, 0.1) is 6.61 Å². The van der Waals surface area contributed by atoms with Crippen LogP contribution in [0.3, 0.4) is 0 Å². The number of aryl methyl sites for hydroxylation is 1. The van der Waals surface area contributed by atoms with Crippen molar-refractivity contribution in [3.05, 3.63) is 59.4 Å². The zero-order chi connectivity index (χ0) is 16.5. The lowest BCUT2D eigenvalue weighted by atomic mass is 10.0. The van der Waals surface area contributed by atoms with Crippen LogP contribution in [0.5, 0.6) is 0 Å². The maximum atomic E-state index is 5.69. The average Bonchev–Trinajstić information content (AvgIpc) is 2.63. The number of allylic oxidation sites excluding steroid dienone is 1. The molecule has 0 aliphatic heterocycles. The van der Waals surface area contributed by atoms with Crippen LogP contribution in [0.25, 0.3) is 5.76 Å². The van der Waals surface area contributed by atoms with Gasteiger partial charge in [0.25, 0.3) is 0 Å². The molecule has 1 aromatic carbocycles. The molecule has 1 aliphatic rings. The van der Waals surface area contributed by atoms with Gasteiger partial charge in [-0.1, -0.05) is 55.9 Å². The molecule has 0 radical (unpaired) electrons. The Hall–Kier alpha value is -1.81. The Bertz CT molecular complexity index is 641. The standard InChI is InChI=1S/C17H18N2OS.C2H6/c1-2-20-15-10-6-9-14-11-18-17(19-16(14)15)21-12-13-7-4-3-5-8-13;1-2/h3-5,7-8,10-11H,2,6,9,12H2,1H3;1-2H3. The summed E-state index contributed by atoms with van der Waals surface area (Å²) in [6, 6.07) is 10.4. The van der Waals surface area contributed by atoms with Crippen LogP contribution in [0.1, 0.15) is 44.0 Å². The predicted molar refractivity (Wildman–Crippen MR) is 97.3 cm³/mol. The minimum atomic E-state index is 0.668. The fourth-order valence-corrected chi connectivity index (χ4v) is 3.09. The molecule has 3 nitrogen and oxygen atoms in total. The first-order valence-electron chi connectivity index (χ1n) is 8.23. The fourth-order valence-electron chi connectivity index (χ4n) is 2.32. The molecule has 0 atom stereocenters. The molecule has 0 unspecified atom stereocenters. The Morgan fingerprint density at radius 1 is 1.17 bits per heavy atom. The van der Waals surface area contributed by atoms with Gasteiger partial charge in [-0.25, -0.2) is 9.97 Å². The molecule has 0 spiro atoms. The molecule has 0 saturated heterocycles. The quantitative estimate of drug-likeness (QED) is 0.564. The number of fused-ring (bicyclic) bond motifs is 1. The highest BCUT2D eigenvalue weighted by molar-refractivity contribution is 7.98. The van der Waals surface area contributed by atoms with Crippen LogP contribution >= 0.6 is 11.8 Å². The summed E-state index contributed by atoms with van der Waals surface area (Å²) in [6.45, 7) is 6.67. The zero-order valence-electron chi connectivity index (χ0n) is 14.1. The van der Waals surface area contributed by atoms with Crippen molar-refractivity contribution in [2.75, 3.05) is 6.61 Å². The van der Waals surface area contributed by atoms with Crippen molar-refractivity contribution < 1.29 is 4.74 Å². The van der Waals surface area contributed by atoms with E-state index in [0.717, 1.165) is 35.2 Å². The van der Waals surface area contributed by atoms with Gasteiger partial charge < -0.3 is 4.74 Å². The van der Waals surface area contributed by atoms with Crippen LogP contribution in [0.4, 0.5) is 0 Å². The highest BCUT2D eigenvalue weighted by atomic mass is 32.2. The van der Waals surface area contributed by atoms with Crippen LogP contribution in [-0.4, -0.2) is 16.6 Å². The molecule has 0 N–H and O–H groups in total. The summed E-state index contributed by atoms with van der Waals surface area (Å²) in [5.41, 5.74) is 3.43. The SMILES string of the molecule is CC.CCOC1=CCCc2cnc(SCc3ccccc3)nc21. The first-order chi connectivity index (χ1) is 11.4. The van der Waals surface area contributed by atoms with Crippen LogP contribution in [0, 0.1) is 0 Å². The number of aromatic nitrogens is 2. The van der Waals surface area contributed by atoms with Crippen molar-refractivity contribution in [3.8, 4) is 0 Å². The minimum absolute atomic E-state index is 0.668. The molecule has 4 heteroatoms. The number of thioether (sulfide) groups is 1. The van der Waals surface area contributed by atoms with Crippen molar-refractivity contribution in [2.24, 2.45) is 0 Å². The summed E-state index contributed by atoms with van der Waals surface area (Å²) < 4.78 is 5.69. The van der Waals surface area contributed by atoms with E-state index in [0.29, 0.717) is 6.61 Å². The van der Waals surface area contributed by atoms with Gasteiger partial charge in [0.15, 0.2) is 5.16 Å². The number of hydrogen-bond acceptors (Lipinski definition) is 4. The lowest BCUT2D eigenvalue weighted by Crippen LogP contribution is -2.07. The van der Waals surface area contributed by atoms with E-state index in [4.69, 9.17) is 4.74 Å². The normalized spacial score (nSPS) is 12.6. The first kappa shape index (κ1) is 17.5. The van der Waals surface area contributed by atoms with Crippen molar-refractivity contribution in [3.63, 3.8) is 0 Å². The van der Waals surface area contributed by atoms with Crippen LogP contribution in [0.2, 0.25) is 0 Å². The summed E-state index contributed by atoms with van der Waals surface area (Å²) in [4.78, 5) is 9.16. The Kier molecular flexibility index (Phi) is 7.14. The van der Waals surface area contributed by atoms with Crippen LogP contribution < -0.4 is 0 Å². The summed E-state index contributed by atoms with van der Waals surface area (Å²) >= 11 is 1.66. The zero-order valence-corrected chi connectivity index (χ0v) is 14.9. The number of hydrogen-bond donors (Lipinski definition) is 0. The van der Waals surface area contributed by atoms with Crippen molar-refractivity contribution >= 4 is 17.5 Å². The predicted octanol–water partition coefficient (Wildman–Crippen LogP) is 5.12. The van der Waals surface area contributed by atoms with E-state index in [1.807, 2.05) is 33.0 Å². The molecule has 1 aliphatic carbocycles. The van der Waals surface area contributed by atoms with E-state index in [1.54, 1.807) is 11.8 Å². The molecule has 0 saturated carbocycles. The van der Waals surface area contributed by atoms with Gasteiger partial charge in [-0.05, 0) is 31.4 Å². The summed E-state index contributed by atoms with van der Waals surface area (Å²) in [5, 5.41) is 0.810. The first-order valence-corrected chi connectivity index (χ1v) is 9.21. The molecular formula is C19H24N2OS. The van der Waals surface area contributed by atoms with Crippen molar-refractivity contribution in [1.29, 1.82) is 0 Å². The summed E-state index contributed by atoms with van der Waals surface area (Å²) in [5.74, 6) is 1.79. The molecular weight excluding hydrogens is 304 g/mol. The second kappa shape index (κ2) is 9.36. The number of benzene rings is 1. The minimum Gasteiger partial charge on any atom is -0.492 e. The second-order valence-electron chi connectivity index (χ2n) is 4.84. The number of rotatable bonds is 5. The molecule has 1 aromatic heterocycles. The lowest BCUT2D eigenvalue weighted by molar-refractivity contribution is 0.293. The van der Waals surface area contributed by atoms with E-state index in [9.17, 15) is 0 Å². The Morgan fingerprint density at radius 2 is 1.96 bits per heavy atom. The second-order valence-corrected chi connectivity index (χ2v) is 5.78. The van der Waals surface area contributed by atoms with Crippen molar-refractivity contribution in [1.82, 2.24) is 9.97 Å².